The van der Waals surface area contributed by atoms with Crippen molar-refractivity contribution in [2.45, 2.75) is 110 Å². The van der Waals surface area contributed by atoms with Gasteiger partial charge in [0.2, 0.25) is 0 Å². The van der Waals surface area contributed by atoms with Crippen LogP contribution in [-0.4, -0.2) is 0 Å². The van der Waals surface area contributed by atoms with E-state index < -0.39 is 5.41 Å². The fourth-order valence-electron chi connectivity index (χ4n) is 11.3. The molecule has 0 amide bonds. The highest BCUT2D eigenvalue weighted by atomic mass is 15.1. The third-order valence-electron chi connectivity index (χ3n) is 15.1. The summed E-state index contributed by atoms with van der Waals surface area (Å²) in [5, 5.41) is 21.2. The van der Waals surface area contributed by atoms with Crippen molar-refractivity contribution in [2.75, 3.05) is 9.80 Å². The number of nitrogens with zero attached hydrogens (tertiary/aromatic N) is 4. The second kappa shape index (κ2) is 20.7. The molecule has 0 saturated carbocycles. The van der Waals surface area contributed by atoms with Crippen LogP contribution in [0.15, 0.2) is 170 Å². The highest BCUT2D eigenvalue weighted by molar-refractivity contribution is 5.98. The summed E-state index contributed by atoms with van der Waals surface area (Å²) >= 11 is 0. The van der Waals surface area contributed by atoms with E-state index in [-0.39, 0.29) is 0 Å². The topological polar surface area (TPSA) is 54.1 Å². The van der Waals surface area contributed by atoms with Crippen LogP contribution in [0.1, 0.15) is 135 Å². The SMILES string of the molecule is CCCCc1ccc(N(c2ccc(CCCC)cc2)c2ccc3c(c2)C2(c4cc(C#N)ccc4-c4ccc(C#N)cc42)c2cc(N(c4ccc(CCCC)cc4)c4ccc(CCCC)cc4)ccc2-3)cc1. The molecule has 0 atom stereocenters. The third-order valence-corrected chi connectivity index (χ3v) is 15.1. The lowest BCUT2D eigenvalue weighted by Crippen LogP contribution is -2.27. The molecule has 8 aromatic rings. The van der Waals surface area contributed by atoms with Crippen molar-refractivity contribution in [1.29, 1.82) is 10.5 Å². The van der Waals surface area contributed by atoms with Crippen molar-refractivity contribution in [3.8, 4) is 34.4 Å². The lowest BCUT2D eigenvalue weighted by atomic mass is 9.70. The number of aryl methyl sites for hydroxylation is 4. The molecule has 10 rings (SSSR count). The predicted octanol–water partition coefficient (Wildman–Crippen LogP) is 18.1. The quantitative estimate of drug-likeness (QED) is 0.0860. The van der Waals surface area contributed by atoms with Gasteiger partial charge >= 0.3 is 0 Å². The number of rotatable bonds is 18. The molecule has 0 unspecified atom stereocenters. The fraction of sp³-hybridized carbons (Fsp3) is 0.254. The first-order valence-corrected chi connectivity index (χ1v) is 26.3. The molecule has 8 aromatic carbocycles. The fourth-order valence-corrected chi connectivity index (χ4v) is 11.3. The van der Waals surface area contributed by atoms with Gasteiger partial charge in [0.15, 0.2) is 0 Å². The van der Waals surface area contributed by atoms with Gasteiger partial charge in [0.05, 0.1) is 28.7 Å². The summed E-state index contributed by atoms with van der Waals surface area (Å²) in [6.07, 6.45) is 13.5. The van der Waals surface area contributed by atoms with Gasteiger partial charge in [-0.25, -0.2) is 0 Å². The van der Waals surface area contributed by atoms with Crippen LogP contribution < -0.4 is 9.80 Å². The number of hydrogen-bond donors (Lipinski definition) is 0. The largest absolute Gasteiger partial charge is 0.310 e. The van der Waals surface area contributed by atoms with Gasteiger partial charge in [-0.1, -0.05) is 126 Å². The number of unbranched alkanes of at least 4 members (excludes halogenated alkanes) is 4. The van der Waals surface area contributed by atoms with Crippen LogP contribution in [0.5, 0.6) is 0 Å². The van der Waals surface area contributed by atoms with Crippen LogP contribution in [0.4, 0.5) is 34.1 Å². The van der Waals surface area contributed by atoms with Gasteiger partial charge in [-0.2, -0.15) is 10.5 Å². The molecule has 0 fully saturated rings. The number of hydrogen-bond acceptors (Lipinski definition) is 4. The van der Waals surface area contributed by atoms with Crippen molar-refractivity contribution >= 4 is 34.1 Å². The van der Waals surface area contributed by atoms with Crippen molar-refractivity contribution in [2.24, 2.45) is 0 Å². The summed E-state index contributed by atoms with van der Waals surface area (Å²) in [6, 6.07) is 67.9. The van der Waals surface area contributed by atoms with Crippen LogP contribution in [-0.2, 0) is 31.1 Å². The van der Waals surface area contributed by atoms with E-state index in [1.807, 2.05) is 12.1 Å². The Kier molecular flexibility index (Phi) is 13.7. The lowest BCUT2D eigenvalue weighted by Gasteiger charge is -2.33. The molecule has 2 aliphatic rings. The summed E-state index contributed by atoms with van der Waals surface area (Å²) in [5.74, 6) is 0. The minimum Gasteiger partial charge on any atom is -0.310 e. The highest BCUT2D eigenvalue weighted by Crippen LogP contribution is 2.64. The zero-order valence-corrected chi connectivity index (χ0v) is 41.9. The maximum atomic E-state index is 10.6. The van der Waals surface area contributed by atoms with E-state index in [1.54, 1.807) is 0 Å². The van der Waals surface area contributed by atoms with Gasteiger partial charge in [-0.05, 0) is 215 Å². The monoisotopic (exact) mass is 925 g/mol. The molecule has 0 heterocycles. The van der Waals surface area contributed by atoms with Crippen LogP contribution >= 0.6 is 0 Å². The molecule has 0 radical (unpaired) electrons. The Bertz CT molecular complexity index is 2930. The van der Waals surface area contributed by atoms with Gasteiger partial charge in [-0.15, -0.1) is 0 Å². The first kappa shape index (κ1) is 47.0. The average molecular weight is 925 g/mol. The zero-order valence-electron chi connectivity index (χ0n) is 41.9. The van der Waals surface area contributed by atoms with E-state index in [1.165, 1.54) is 22.3 Å². The summed E-state index contributed by atoms with van der Waals surface area (Å²) < 4.78 is 0. The summed E-state index contributed by atoms with van der Waals surface area (Å²) in [7, 11) is 0. The Morgan fingerprint density at radius 1 is 0.324 bits per heavy atom. The van der Waals surface area contributed by atoms with Crippen molar-refractivity contribution in [3.63, 3.8) is 0 Å². The van der Waals surface area contributed by atoms with E-state index in [0.29, 0.717) is 11.1 Å². The van der Waals surface area contributed by atoms with Crippen molar-refractivity contribution in [3.05, 3.63) is 225 Å². The summed E-state index contributed by atoms with van der Waals surface area (Å²) in [5.41, 5.74) is 21.1. The van der Waals surface area contributed by atoms with Crippen LogP contribution in [0, 0.1) is 22.7 Å². The van der Waals surface area contributed by atoms with Crippen LogP contribution in [0.3, 0.4) is 0 Å². The molecule has 4 nitrogen and oxygen atoms in total. The molecule has 4 heteroatoms. The zero-order chi connectivity index (χ0) is 48.9. The first-order chi connectivity index (χ1) is 34.9. The lowest BCUT2D eigenvalue weighted by molar-refractivity contribution is 0.792. The number of nitriles is 2. The van der Waals surface area contributed by atoms with Gasteiger partial charge < -0.3 is 9.80 Å². The smallest absolute Gasteiger partial charge is 0.0991 e. The molecular formula is C67H64N4. The normalized spacial score (nSPS) is 12.4. The van der Waals surface area contributed by atoms with Gasteiger partial charge in [-0.3, -0.25) is 0 Å². The van der Waals surface area contributed by atoms with Gasteiger partial charge in [0, 0.05) is 34.1 Å². The van der Waals surface area contributed by atoms with Gasteiger partial charge in [0.1, 0.15) is 0 Å². The molecule has 352 valence electrons. The van der Waals surface area contributed by atoms with E-state index in [2.05, 4.69) is 207 Å². The van der Waals surface area contributed by atoms with E-state index in [0.717, 1.165) is 156 Å². The van der Waals surface area contributed by atoms with Gasteiger partial charge in [0.25, 0.3) is 0 Å². The number of fused-ring (bicyclic) bond motifs is 10. The molecule has 71 heavy (non-hydrogen) atoms. The Morgan fingerprint density at radius 3 is 0.845 bits per heavy atom. The molecule has 0 aromatic heterocycles. The first-order valence-electron chi connectivity index (χ1n) is 26.3. The standard InChI is InChI=1S/C67H64N4/c1-5-9-13-47-17-27-53(28-18-47)70(54-29-19-48(20-30-54)14-10-6-2)57-35-39-61-62-40-36-58(71(55-31-21-49(22-32-55)15-11-7-3)56-33-23-50(24-34-56)16-12-8-4)44-66(62)67(65(61)43-57)63-41-51(45-68)25-37-59(63)60-38-26-52(46-69)42-64(60)67/h17-44H,5-16H2,1-4H3. The summed E-state index contributed by atoms with van der Waals surface area (Å²) in [4.78, 5) is 4.81. The van der Waals surface area contributed by atoms with Crippen molar-refractivity contribution < 1.29 is 0 Å². The molecule has 0 bridgehead atoms. The Hall–Kier alpha value is -7.66. The minimum absolute atomic E-state index is 0.611. The summed E-state index contributed by atoms with van der Waals surface area (Å²) in [6.45, 7) is 9.00. The van der Waals surface area contributed by atoms with E-state index in [9.17, 15) is 10.5 Å². The maximum Gasteiger partial charge on any atom is 0.0991 e. The molecule has 0 saturated heterocycles. The van der Waals surface area contributed by atoms with E-state index >= 15 is 0 Å². The highest BCUT2D eigenvalue weighted by Gasteiger charge is 2.52. The molecule has 0 N–H and O–H groups in total. The van der Waals surface area contributed by atoms with E-state index in [4.69, 9.17) is 0 Å². The Morgan fingerprint density at radius 2 is 0.577 bits per heavy atom. The second-order valence-corrected chi connectivity index (χ2v) is 19.7. The molecular weight excluding hydrogens is 861 g/mol. The molecule has 1 spiro atoms. The Labute approximate surface area is 422 Å². The molecule has 0 aliphatic heterocycles. The third kappa shape index (κ3) is 8.83. The second-order valence-electron chi connectivity index (χ2n) is 19.7. The predicted molar refractivity (Wildman–Crippen MR) is 296 cm³/mol. The average Bonchev–Trinajstić information content (AvgIpc) is 3.87. The Balaban J connectivity index is 1.21. The number of anilines is 6. The van der Waals surface area contributed by atoms with Crippen LogP contribution in [0.2, 0.25) is 0 Å². The minimum atomic E-state index is -0.847. The van der Waals surface area contributed by atoms with Crippen LogP contribution in [0.25, 0.3) is 22.3 Å². The van der Waals surface area contributed by atoms with Crippen molar-refractivity contribution in [1.82, 2.24) is 0 Å². The number of benzene rings is 8. The molecule has 2 aliphatic carbocycles. The maximum absolute atomic E-state index is 10.6.